The Morgan fingerprint density at radius 3 is 2.61 bits per heavy atom. The quantitative estimate of drug-likeness (QED) is 0.413. The van der Waals surface area contributed by atoms with Crippen molar-refractivity contribution in [2.24, 2.45) is 11.1 Å². The van der Waals surface area contributed by atoms with Crippen molar-refractivity contribution < 1.29 is 19.1 Å². The summed E-state index contributed by atoms with van der Waals surface area (Å²) in [4.78, 5) is 7.89. The smallest absolute Gasteiger partial charge is 0.153 e. The Kier molecular flexibility index (Phi) is 6.49. The van der Waals surface area contributed by atoms with Crippen molar-refractivity contribution >= 4 is 16.7 Å². The molecule has 1 atom stereocenters. The molecule has 2 heterocycles. The van der Waals surface area contributed by atoms with E-state index in [0.29, 0.717) is 19.8 Å². The summed E-state index contributed by atoms with van der Waals surface area (Å²) >= 11 is 0. The molecule has 33 heavy (non-hydrogen) atoms. The molecule has 5 rings (SSSR count). The number of morpholine rings is 1. The number of nitrogens with zero attached hydrogens (tertiary/aromatic N) is 2. The minimum atomic E-state index is -0.597. The summed E-state index contributed by atoms with van der Waals surface area (Å²) in [5, 5.41) is 16.0. The maximum absolute atomic E-state index is 10.4. The van der Waals surface area contributed by atoms with Crippen molar-refractivity contribution in [3.05, 3.63) is 72.0 Å². The van der Waals surface area contributed by atoms with Crippen molar-refractivity contribution in [2.45, 2.75) is 31.3 Å². The first kappa shape index (κ1) is 22.1. The molecule has 0 radical (unpaired) electrons. The Hall–Kier alpha value is -2.67. The van der Waals surface area contributed by atoms with Crippen molar-refractivity contribution in [3.63, 3.8) is 0 Å². The number of hydrogen-bond donors (Lipinski definition) is 1. The van der Waals surface area contributed by atoms with Gasteiger partial charge in [0, 0.05) is 30.9 Å². The molecule has 174 valence electrons. The third kappa shape index (κ3) is 4.98. The summed E-state index contributed by atoms with van der Waals surface area (Å²) in [5.41, 5.74) is 3.15. The van der Waals surface area contributed by atoms with Crippen LogP contribution in [-0.4, -0.2) is 61.3 Å². The van der Waals surface area contributed by atoms with Crippen LogP contribution in [0.1, 0.15) is 31.1 Å². The topological polar surface area (TPSA) is 67.4 Å². The molecule has 1 aromatic heterocycles. The molecule has 2 aliphatic rings. The fourth-order valence-electron chi connectivity index (χ4n) is 5.05. The van der Waals surface area contributed by atoms with Crippen LogP contribution in [0.4, 0.5) is 0 Å². The summed E-state index contributed by atoms with van der Waals surface area (Å²) in [6.07, 6.45) is 1.36. The lowest BCUT2D eigenvalue weighted by Crippen LogP contribution is -2.43. The average molecular weight is 449 g/mol. The van der Waals surface area contributed by atoms with E-state index in [0.717, 1.165) is 48.4 Å². The molecule has 2 aromatic carbocycles. The Labute approximate surface area is 194 Å². The minimum absolute atomic E-state index is 0.120. The van der Waals surface area contributed by atoms with Gasteiger partial charge in [0.15, 0.2) is 5.76 Å². The maximum atomic E-state index is 10.4. The van der Waals surface area contributed by atoms with Crippen LogP contribution in [0.25, 0.3) is 11.0 Å². The zero-order valence-electron chi connectivity index (χ0n) is 19.2. The van der Waals surface area contributed by atoms with Crippen LogP contribution < -0.4 is 0 Å². The molecule has 1 saturated carbocycles. The molecule has 0 spiro atoms. The molecule has 0 bridgehead atoms. The second-order valence-electron chi connectivity index (χ2n) is 9.52. The molecule has 1 aliphatic heterocycles. The SMILES string of the molecule is CC1(c2ccccc2)CC(C(=NOCC(O)CN2CCOCC2)c2cc3ccccc3o2)C1. The van der Waals surface area contributed by atoms with E-state index in [-0.39, 0.29) is 17.9 Å². The van der Waals surface area contributed by atoms with Gasteiger partial charge in [-0.15, -0.1) is 0 Å². The summed E-state index contributed by atoms with van der Waals surface area (Å²) in [6, 6.07) is 20.7. The summed E-state index contributed by atoms with van der Waals surface area (Å²) in [6.45, 7) is 6.13. The second-order valence-corrected chi connectivity index (χ2v) is 9.52. The number of fused-ring (bicyclic) bond motifs is 1. The number of aliphatic hydroxyl groups is 1. The van der Waals surface area contributed by atoms with Crippen LogP contribution in [0.5, 0.6) is 0 Å². The molecule has 6 nitrogen and oxygen atoms in total. The number of rotatable bonds is 8. The summed E-state index contributed by atoms with van der Waals surface area (Å²) < 4.78 is 11.5. The van der Waals surface area contributed by atoms with E-state index in [2.05, 4.69) is 47.3 Å². The normalized spacial score (nSPS) is 25.0. The van der Waals surface area contributed by atoms with Gasteiger partial charge in [0.05, 0.1) is 13.2 Å². The highest BCUT2D eigenvalue weighted by Gasteiger charge is 2.45. The zero-order chi connectivity index (χ0) is 22.7. The standard InChI is InChI=1S/C27H32N2O4/c1-27(22-8-3-2-4-9-22)16-21(17-27)26(25-15-20-7-5-6-10-24(20)33-25)28-32-19-23(30)18-29-11-13-31-14-12-29/h2-10,15,21,23,30H,11-14,16-19H2,1H3. The zero-order valence-corrected chi connectivity index (χ0v) is 19.2. The third-order valence-electron chi connectivity index (χ3n) is 6.93. The number of benzene rings is 2. The van der Waals surface area contributed by atoms with Gasteiger partial charge in [0.2, 0.25) is 0 Å². The molecular weight excluding hydrogens is 416 g/mol. The monoisotopic (exact) mass is 448 g/mol. The van der Waals surface area contributed by atoms with Gasteiger partial charge in [0.1, 0.15) is 24.0 Å². The van der Waals surface area contributed by atoms with E-state index in [4.69, 9.17) is 14.0 Å². The van der Waals surface area contributed by atoms with Gasteiger partial charge >= 0.3 is 0 Å². The highest BCUT2D eigenvalue weighted by atomic mass is 16.6. The van der Waals surface area contributed by atoms with Gasteiger partial charge in [0.25, 0.3) is 0 Å². The number of para-hydroxylation sites is 1. The molecule has 2 fully saturated rings. The molecule has 6 heteroatoms. The van der Waals surface area contributed by atoms with Gasteiger partial charge in [-0.25, -0.2) is 0 Å². The Morgan fingerprint density at radius 1 is 1.12 bits per heavy atom. The van der Waals surface area contributed by atoms with Crippen LogP contribution in [0.2, 0.25) is 0 Å². The van der Waals surface area contributed by atoms with Crippen molar-refractivity contribution in [3.8, 4) is 0 Å². The molecule has 1 saturated heterocycles. The lowest BCUT2D eigenvalue weighted by molar-refractivity contribution is -0.0136. The van der Waals surface area contributed by atoms with Crippen LogP contribution in [0.3, 0.4) is 0 Å². The predicted molar refractivity (Wildman–Crippen MR) is 128 cm³/mol. The molecule has 1 unspecified atom stereocenters. The first-order valence-corrected chi connectivity index (χ1v) is 11.8. The summed E-state index contributed by atoms with van der Waals surface area (Å²) in [5.74, 6) is 0.992. The van der Waals surface area contributed by atoms with Crippen LogP contribution in [-0.2, 0) is 15.0 Å². The molecular formula is C27H32N2O4. The molecule has 1 N–H and O–H groups in total. The van der Waals surface area contributed by atoms with Gasteiger partial charge in [-0.3, -0.25) is 4.90 Å². The van der Waals surface area contributed by atoms with Gasteiger partial charge < -0.3 is 19.1 Å². The van der Waals surface area contributed by atoms with E-state index in [9.17, 15) is 5.11 Å². The van der Waals surface area contributed by atoms with E-state index >= 15 is 0 Å². The van der Waals surface area contributed by atoms with Crippen molar-refractivity contribution in [1.29, 1.82) is 0 Å². The second kappa shape index (κ2) is 9.67. The maximum Gasteiger partial charge on any atom is 0.153 e. The average Bonchev–Trinajstić information content (AvgIpc) is 3.25. The fraction of sp³-hybridized carbons (Fsp3) is 0.444. The number of furan rings is 1. The van der Waals surface area contributed by atoms with Crippen LogP contribution in [0.15, 0.2) is 70.2 Å². The highest BCUT2D eigenvalue weighted by molar-refractivity contribution is 6.03. The van der Waals surface area contributed by atoms with Crippen LogP contribution in [0, 0.1) is 5.92 Å². The van der Waals surface area contributed by atoms with Gasteiger partial charge in [-0.1, -0.05) is 60.6 Å². The van der Waals surface area contributed by atoms with Gasteiger partial charge in [-0.2, -0.15) is 0 Å². The van der Waals surface area contributed by atoms with E-state index in [1.807, 2.05) is 30.3 Å². The van der Waals surface area contributed by atoms with E-state index in [1.54, 1.807) is 0 Å². The highest BCUT2D eigenvalue weighted by Crippen LogP contribution is 2.49. The Bertz CT molecular complexity index is 1050. The third-order valence-corrected chi connectivity index (χ3v) is 6.93. The Balaban J connectivity index is 1.30. The molecule has 0 amide bonds. The fourth-order valence-corrected chi connectivity index (χ4v) is 5.05. The first-order valence-electron chi connectivity index (χ1n) is 11.8. The Morgan fingerprint density at radius 2 is 1.85 bits per heavy atom. The lowest BCUT2D eigenvalue weighted by atomic mass is 9.58. The molecule has 3 aromatic rings. The first-order chi connectivity index (χ1) is 16.1. The number of hydrogen-bond acceptors (Lipinski definition) is 6. The molecule has 1 aliphatic carbocycles. The van der Waals surface area contributed by atoms with Crippen molar-refractivity contribution in [2.75, 3.05) is 39.5 Å². The summed E-state index contributed by atoms with van der Waals surface area (Å²) in [7, 11) is 0. The minimum Gasteiger partial charge on any atom is -0.455 e. The van der Waals surface area contributed by atoms with E-state index in [1.165, 1.54) is 5.56 Å². The predicted octanol–water partition coefficient (Wildman–Crippen LogP) is 4.21. The van der Waals surface area contributed by atoms with Gasteiger partial charge in [-0.05, 0) is 36.0 Å². The van der Waals surface area contributed by atoms with Crippen molar-refractivity contribution in [1.82, 2.24) is 4.90 Å². The number of oxime groups is 1. The lowest BCUT2D eigenvalue weighted by Gasteiger charge is -2.45. The van der Waals surface area contributed by atoms with E-state index < -0.39 is 6.10 Å². The largest absolute Gasteiger partial charge is 0.455 e. The number of aliphatic hydroxyl groups excluding tert-OH is 1. The van der Waals surface area contributed by atoms with Crippen LogP contribution >= 0.6 is 0 Å². The number of ether oxygens (including phenoxy) is 1. The number of β-amino-alcohol motifs (C(OH)–C–C–N with tert-alkyl or cyclic N) is 1.